The predicted molar refractivity (Wildman–Crippen MR) is 87.2 cm³/mol. The summed E-state index contributed by atoms with van der Waals surface area (Å²) in [4.78, 5) is 15.1. The van der Waals surface area contributed by atoms with Crippen LogP contribution >= 0.6 is 12.6 Å². The van der Waals surface area contributed by atoms with Crippen LogP contribution in [0.25, 0.3) is 0 Å². The minimum Gasteiger partial charge on any atom is -0.378 e. The van der Waals surface area contributed by atoms with Crippen molar-refractivity contribution in [3.05, 3.63) is 53.6 Å². The highest BCUT2D eigenvalue weighted by molar-refractivity contribution is 7.80. The fourth-order valence-corrected chi connectivity index (χ4v) is 2.07. The fourth-order valence-electron chi connectivity index (χ4n) is 1.86. The van der Waals surface area contributed by atoms with E-state index in [0.29, 0.717) is 5.56 Å². The summed E-state index contributed by atoms with van der Waals surface area (Å²) in [5, 5.41) is 2.91. The number of hydrogen-bond acceptors (Lipinski definition) is 3. The van der Waals surface area contributed by atoms with E-state index < -0.39 is 0 Å². The van der Waals surface area contributed by atoms with Crippen LogP contribution in [0.15, 0.2) is 47.4 Å². The van der Waals surface area contributed by atoms with Crippen LogP contribution in [0.1, 0.15) is 15.9 Å². The summed E-state index contributed by atoms with van der Waals surface area (Å²) in [7, 11) is 3.94. The Balaban J connectivity index is 2.18. The van der Waals surface area contributed by atoms with E-state index in [1.165, 1.54) is 0 Å². The summed E-state index contributed by atoms with van der Waals surface area (Å²) in [6.45, 7) is 1.94. The monoisotopic (exact) mass is 286 g/mol. The van der Waals surface area contributed by atoms with Crippen LogP contribution in [0, 0.1) is 6.92 Å². The molecule has 0 radical (unpaired) electrons. The minimum absolute atomic E-state index is 0.114. The molecule has 2 aromatic rings. The van der Waals surface area contributed by atoms with Gasteiger partial charge in [0, 0.05) is 35.9 Å². The van der Waals surface area contributed by atoms with Crippen LogP contribution in [0.2, 0.25) is 0 Å². The SMILES string of the molecule is Cc1c(S)cccc1NC(=O)c1ccc(N(C)C)cc1. The van der Waals surface area contributed by atoms with E-state index in [1.807, 2.05) is 68.4 Å². The van der Waals surface area contributed by atoms with Crippen molar-refractivity contribution >= 4 is 29.9 Å². The zero-order valence-corrected chi connectivity index (χ0v) is 12.7. The third-order valence-corrected chi connectivity index (χ3v) is 3.68. The molecule has 104 valence electrons. The van der Waals surface area contributed by atoms with Crippen LogP contribution in [0.5, 0.6) is 0 Å². The van der Waals surface area contributed by atoms with Gasteiger partial charge in [-0.05, 0) is 48.9 Å². The Bertz CT molecular complexity index is 621. The second-order valence-electron chi connectivity index (χ2n) is 4.85. The molecule has 0 unspecified atom stereocenters. The number of rotatable bonds is 3. The van der Waals surface area contributed by atoms with Crippen LogP contribution in [-0.2, 0) is 0 Å². The van der Waals surface area contributed by atoms with Crippen molar-refractivity contribution in [1.82, 2.24) is 0 Å². The third-order valence-electron chi connectivity index (χ3n) is 3.20. The molecule has 20 heavy (non-hydrogen) atoms. The second-order valence-corrected chi connectivity index (χ2v) is 5.33. The summed E-state index contributed by atoms with van der Waals surface area (Å²) in [6, 6.07) is 13.2. The molecular formula is C16H18N2OS. The van der Waals surface area contributed by atoms with Gasteiger partial charge in [0.15, 0.2) is 0 Å². The summed E-state index contributed by atoms with van der Waals surface area (Å²) in [6.07, 6.45) is 0. The molecule has 0 saturated carbocycles. The molecule has 0 heterocycles. The average Bonchev–Trinajstić information content (AvgIpc) is 2.44. The molecule has 0 fully saturated rings. The van der Waals surface area contributed by atoms with E-state index in [-0.39, 0.29) is 5.91 Å². The third kappa shape index (κ3) is 3.14. The zero-order chi connectivity index (χ0) is 14.7. The van der Waals surface area contributed by atoms with Gasteiger partial charge in [-0.2, -0.15) is 0 Å². The Morgan fingerprint density at radius 2 is 1.75 bits per heavy atom. The van der Waals surface area contributed by atoms with Gasteiger partial charge >= 0.3 is 0 Å². The molecule has 4 heteroatoms. The van der Waals surface area contributed by atoms with Gasteiger partial charge in [-0.3, -0.25) is 4.79 Å². The van der Waals surface area contributed by atoms with Gasteiger partial charge in [0.05, 0.1) is 0 Å². The van der Waals surface area contributed by atoms with Crippen LogP contribution in [0.4, 0.5) is 11.4 Å². The van der Waals surface area contributed by atoms with Crippen molar-refractivity contribution in [1.29, 1.82) is 0 Å². The van der Waals surface area contributed by atoms with Gasteiger partial charge in [0.1, 0.15) is 0 Å². The molecule has 0 aliphatic rings. The molecule has 1 N–H and O–H groups in total. The molecule has 0 saturated heterocycles. The molecule has 0 aliphatic heterocycles. The maximum atomic E-state index is 12.2. The summed E-state index contributed by atoms with van der Waals surface area (Å²) in [5.41, 5.74) is 3.46. The second kappa shape index (κ2) is 6.01. The van der Waals surface area contributed by atoms with E-state index in [9.17, 15) is 4.79 Å². The van der Waals surface area contributed by atoms with Gasteiger partial charge in [0.25, 0.3) is 5.91 Å². The van der Waals surface area contributed by atoms with Crippen molar-refractivity contribution in [2.75, 3.05) is 24.3 Å². The van der Waals surface area contributed by atoms with E-state index in [0.717, 1.165) is 21.8 Å². The van der Waals surface area contributed by atoms with E-state index in [2.05, 4.69) is 17.9 Å². The number of benzene rings is 2. The highest BCUT2D eigenvalue weighted by Crippen LogP contribution is 2.22. The lowest BCUT2D eigenvalue weighted by Gasteiger charge is -2.13. The Morgan fingerprint density at radius 3 is 2.35 bits per heavy atom. The van der Waals surface area contributed by atoms with Crippen molar-refractivity contribution in [2.24, 2.45) is 0 Å². The van der Waals surface area contributed by atoms with Gasteiger partial charge < -0.3 is 10.2 Å². The summed E-state index contributed by atoms with van der Waals surface area (Å²) < 4.78 is 0. The van der Waals surface area contributed by atoms with Crippen molar-refractivity contribution in [3.8, 4) is 0 Å². The molecule has 0 atom stereocenters. The number of amides is 1. The number of nitrogens with one attached hydrogen (secondary N) is 1. The van der Waals surface area contributed by atoms with E-state index in [4.69, 9.17) is 0 Å². The first-order valence-corrected chi connectivity index (χ1v) is 6.81. The molecule has 0 aromatic heterocycles. The quantitative estimate of drug-likeness (QED) is 0.845. The smallest absolute Gasteiger partial charge is 0.255 e. The maximum Gasteiger partial charge on any atom is 0.255 e. The summed E-state index contributed by atoms with van der Waals surface area (Å²) >= 11 is 4.36. The molecule has 1 amide bonds. The van der Waals surface area contributed by atoms with Crippen molar-refractivity contribution in [2.45, 2.75) is 11.8 Å². The first-order chi connectivity index (χ1) is 9.49. The summed E-state index contributed by atoms with van der Waals surface area (Å²) in [5.74, 6) is -0.114. The van der Waals surface area contributed by atoms with E-state index in [1.54, 1.807) is 0 Å². The molecule has 3 nitrogen and oxygen atoms in total. The van der Waals surface area contributed by atoms with E-state index >= 15 is 0 Å². The number of anilines is 2. The van der Waals surface area contributed by atoms with Gasteiger partial charge in [-0.25, -0.2) is 0 Å². The lowest BCUT2D eigenvalue weighted by molar-refractivity contribution is 0.102. The molecule has 0 bridgehead atoms. The Kier molecular flexibility index (Phi) is 4.35. The standard InChI is InChI=1S/C16H18N2OS/c1-11-14(5-4-6-15(11)20)17-16(19)12-7-9-13(10-8-12)18(2)3/h4-10,20H,1-3H3,(H,17,19). The Labute approximate surface area is 125 Å². The number of carbonyl (C=O) groups is 1. The topological polar surface area (TPSA) is 32.3 Å². The maximum absolute atomic E-state index is 12.2. The zero-order valence-electron chi connectivity index (χ0n) is 11.8. The van der Waals surface area contributed by atoms with Crippen molar-refractivity contribution in [3.63, 3.8) is 0 Å². The van der Waals surface area contributed by atoms with Crippen LogP contribution in [-0.4, -0.2) is 20.0 Å². The average molecular weight is 286 g/mol. The highest BCUT2D eigenvalue weighted by Gasteiger charge is 2.09. The van der Waals surface area contributed by atoms with Crippen LogP contribution < -0.4 is 10.2 Å². The number of carbonyl (C=O) groups excluding carboxylic acids is 1. The highest BCUT2D eigenvalue weighted by atomic mass is 32.1. The first-order valence-electron chi connectivity index (χ1n) is 6.36. The lowest BCUT2D eigenvalue weighted by Crippen LogP contribution is -2.13. The largest absolute Gasteiger partial charge is 0.378 e. The molecular weight excluding hydrogens is 268 g/mol. The van der Waals surface area contributed by atoms with Crippen molar-refractivity contribution < 1.29 is 4.79 Å². The molecule has 2 aromatic carbocycles. The number of hydrogen-bond donors (Lipinski definition) is 2. The molecule has 0 aliphatic carbocycles. The molecule has 0 spiro atoms. The Morgan fingerprint density at radius 1 is 1.10 bits per heavy atom. The normalized spacial score (nSPS) is 10.2. The van der Waals surface area contributed by atoms with Crippen LogP contribution in [0.3, 0.4) is 0 Å². The number of nitrogens with zero attached hydrogens (tertiary/aromatic N) is 1. The predicted octanol–water partition coefficient (Wildman–Crippen LogP) is 3.60. The van der Waals surface area contributed by atoms with Gasteiger partial charge in [-0.15, -0.1) is 12.6 Å². The number of thiol groups is 1. The minimum atomic E-state index is -0.114. The molecule has 2 rings (SSSR count). The fraction of sp³-hybridized carbons (Fsp3) is 0.188. The van der Waals surface area contributed by atoms with Gasteiger partial charge in [-0.1, -0.05) is 6.07 Å². The lowest BCUT2D eigenvalue weighted by atomic mass is 10.1. The first kappa shape index (κ1) is 14.5. The Hall–Kier alpha value is -1.94. The van der Waals surface area contributed by atoms with Gasteiger partial charge in [0.2, 0.25) is 0 Å².